The van der Waals surface area contributed by atoms with Gasteiger partial charge in [0.25, 0.3) is 0 Å². The molecule has 0 saturated carbocycles. The van der Waals surface area contributed by atoms with Crippen LogP contribution in [-0.2, 0) is 4.74 Å². The van der Waals surface area contributed by atoms with E-state index in [9.17, 15) is 5.11 Å². The molecule has 3 atom stereocenters. The van der Waals surface area contributed by atoms with Crippen molar-refractivity contribution < 1.29 is 9.84 Å². The van der Waals surface area contributed by atoms with E-state index in [1.807, 2.05) is 0 Å². The third-order valence-electron chi connectivity index (χ3n) is 4.22. The molecule has 1 aliphatic rings. The predicted molar refractivity (Wildman–Crippen MR) is 67.5 cm³/mol. The molecule has 1 aliphatic heterocycles. The maximum absolute atomic E-state index is 10.3. The summed E-state index contributed by atoms with van der Waals surface area (Å²) in [5.41, 5.74) is -0.195. The zero-order valence-corrected chi connectivity index (χ0v) is 11.2. The predicted octanol–water partition coefficient (Wildman–Crippen LogP) is 3.52. The zero-order chi connectivity index (χ0) is 12.0. The number of hydrogen-bond donors (Lipinski definition) is 1. The van der Waals surface area contributed by atoms with Crippen LogP contribution in [0.4, 0.5) is 0 Å². The van der Waals surface area contributed by atoms with Crippen LogP contribution in [0.5, 0.6) is 0 Å². The number of aliphatic hydroxyl groups excluding tert-OH is 1. The van der Waals surface area contributed by atoms with E-state index in [-0.39, 0.29) is 11.7 Å². The van der Waals surface area contributed by atoms with E-state index in [4.69, 9.17) is 4.74 Å². The average molecular weight is 228 g/mol. The van der Waals surface area contributed by atoms with E-state index in [2.05, 4.69) is 20.8 Å². The van der Waals surface area contributed by atoms with Gasteiger partial charge in [-0.2, -0.15) is 0 Å². The van der Waals surface area contributed by atoms with Crippen molar-refractivity contribution in [1.29, 1.82) is 0 Å². The van der Waals surface area contributed by atoms with Crippen molar-refractivity contribution in [3.8, 4) is 0 Å². The normalized spacial score (nSPS) is 28.5. The second-order valence-corrected chi connectivity index (χ2v) is 5.18. The van der Waals surface area contributed by atoms with Crippen molar-refractivity contribution in [2.45, 2.75) is 77.4 Å². The average Bonchev–Trinajstić information content (AvgIpc) is 2.23. The Labute approximate surface area is 100 Å². The fourth-order valence-corrected chi connectivity index (χ4v) is 2.65. The van der Waals surface area contributed by atoms with Crippen molar-refractivity contribution in [2.24, 2.45) is 5.92 Å². The SMILES string of the molecule is CCCCC(CC)CC(O)C1(CC)CCO1. The highest BCUT2D eigenvalue weighted by atomic mass is 16.5. The molecule has 1 heterocycles. The van der Waals surface area contributed by atoms with Gasteiger partial charge < -0.3 is 9.84 Å². The highest BCUT2D eigenvalue weighted by Crippen LogP contribution is 2.37. The van der Waals surface area contributed by atoms with Crippen LogP contribution in [0.25, 0.3) is 0 Å². The molecular weight excluding hydrogens is 200 g/mol. The van der Waals surface area contributed by atoms with Crippen molar-refractivity contribution in [3.63, 3.8) is 0 Å². The van der Waals surface area contributed by atoms with Crippen molar-refractivity contribution in [1.82, 2.24) is 0 Å². The van der Waals surface area contributed by atoms with E-state index in [1.165, 1.54) is 25.7 Å². The first-order valence-corrected chi connectivity index (χ1v) is 7.00. The van der Waals surface area contributed by atoms with Gasteiger partial charge in [0.2, 0.25) is 0 Å². The van der Waals surface area contributed by atoms with Gasteiger partial charge in [0, 0.05) is 6.42 Å². The van der Waals surface area contributed by atoms with Crippen LogP contribution in [0.15, 0.2) is 0 Å². The molecule has 0 aromatic carbocycles. The van der Waals surface area contributed by atoms with Crippen LogP contribution < -0.4 is 0 Å². The molecule has 0 aromatic heterocycles. The van der Waals surface area contributed by atoms with Gasteiger partial charge in [-0.05, 0) is 18.8 Å². The molecule has 1 saturated heterocycles. The molecule has 96 valence electrons. The number of hydrogen-bond acceptors (Lipinski definition) is 2. The maximum atomic E-state index is 10.3. The second-order valence-electron chi connectivity index (χ2n) is 5.18. The molecule has 0 aliphatic carbocycles. The minimum atomic E-state index is -0.256. The summed E-state index contributed by atoms with van der Waals surface area (Å²) in [7, 11) is 0. The summed E-state index contributed by atoms with van der Waals surface area (Å²) < 4.78 is 5.63. The van der Waals surface area contributed by atoms with Crippen LogP contribution in [0.2, 0.25) is 0 Å². The zero-order valence-electron chi connectivity index (χ0n) is 11.2. The Morgan fingerprint density at radius 3 is 2.38 bits per heavy atom. The summed E-state index contributed by atoms with van der Waals surface area (Å²) in [6, 6.07) is 0. The first kappa shape index (κ1) is 14.0. The monoisotopic (exact) mass is 228 g/mol. The molecule has 0 radical (unpaired) electrons. The van der Waals surface area contributed by atoms with E-state index >= 15 is 0 Å². The number of rotatable bonds is 8. The Morgan fingerprint density at radius 1 is 1.31 bits per heavy atom. The third-order valence-corrected chi connectivity index (χ3v) is 4.22. The van der Waals surface area contributed by atoms with Gasteiger partial charge in [-0.25, -0.2) is 0 Å². The standard InChI is InChI=1S/C14H28O2/c1-4-7-8-12(5-2)11-13(15)14(6-3)9-10-16-14/h12-13,15H,4-11H2,1-3H3. The Bertz CT molecular complexity index is 182. The van der Waals surface area contributed by atoms with Gasteiger partial charge in [0.1, 0.15) is 0 Å². The van der Waals surface area contributed by atoms with Crippen LogP contribution >= 0.6 is 0 Å². The third kappa shape index (κ3) is 3.21. The smallest absolute Gasteiger partial charge is 0.0959 e. The van der Waals surface area contributed by atoms with Gasteiger partial charge in [0.15, 0.2) is 0 Å². The Hall–Kier alpha value is -0.0800. The van der Waals surface area contributed by atoms with Crippen LogP contribution in [0, 0.1) is 5.92 Å². The number of aliphatic hydroxyl groups is 1. The molecule has 0 bridgehead atoms. The minimum Gasteiger partial charge on any atom is -0.390 e. The molecular formula is C14H28O2. The Morgan fingerprint density at radius 2 is 2.00 bits per heavy atom. The lowest BCUT2D eigenvalue weighted by atomic mass is 9.80. The summed E-state index contributed by atoms with van der Waals surface area (Å²) in [5, 5.41) is 10.3. The highest BCUT2D eigenvalue weighted by molar-refractivity contribution is 4.93. The quantitative estimate of drug-likeness (QED) is 0.688. The van der Waals surface area contributed by atoms with E-state index < -0.39 is 0 Å². The topological polar surface area (TPSA) is 29.5 Å². The lowest BCUT2D eigenvalue weighted by molar-refractivity contribution is -0.210. The highest BCUT2D eigenvalue weighted by Gasteiger charge is 2.43. The molecule has 1 N–H and O–H groups in total. The minimum absolute atomic E-state index is 0.195. The largest absolute Gasteiger partial charge is 0.390 e. The van der Waals surface area contributed by atoms with Gasteiger partial charge in [-0.15, -0.1) is 0 Å². The van der Waals surface area contributed by atoms with E-state index in [0.717, 1.165) is 25.9 Å². The van der Waals surface area contributed by atoms with E-state index in [1.54, 1.807) is 0 Å². The van der Waals surface area contributed by atoms with Crippen LogP contribution in [-0.4, -0.2) is 23.4 Å². The van der Waals surface area contributed by atoms with E-state index in [0.29, 0.717) is 5.92 Å². The first-order chi connectivity index (χ1) is 7.68. The molecule has 0 aromatic rings. The lowest BCUT2D eigenvalue weighted by Gasteiger charge is -2.45. The maximum Gasteiger partial charge on any atom is 0.0959 e. The van der Waals surface area contributed by atoms with Crippen LogP contribution in [0.1, 0.15) is 65.7 Å². The number of ether oxygens (including phenoxy) is 1. The molecule has 2 heteroatoms. The summed E-state index contributed by atoms with van der Waals surface area (Å²) in [6.07, 6.45) is 7.61. The Kier molecular flexibility index (Phi) is 5.77. The molecule has 1 rings (SSSR count). The van der Waals surface area contributed by atoms with Gasteiger partial charge in [-0.3, -0.25) is 0 Å². The number of unbranched alkanes of at least 4 members (excludes halogenated alkanes) is 1. The van der Waals surface area contributed by atoms with Crippen LogP contribution in [0.3, 0.4) is 0 Å². The molecule has 1 fully saturated rings. The summed E-state index contributed by atoms with van der Waals surface area (Å²) in [6.45, 7) is 7.41. The summed E-state index contributed by atoms with van der Waals surface area (Å²) >= 11 is 0. The molecule has 3 unspecified atom stereocenters. The van der Waals surface area contributed by atoms with Crippen molar-refractivity contribution in [3.05, 3.63) is 0 Å². The summed E-state index contributed by atoms with van der Waals surface area (Å²) in [4.78, 5) is 0. The second kappa shape index (κ2) is 6.61. The van der Waals surface area contributed by atoms with Gasteiger partial charge in [0.05, 0.1) is 18.3 Å². The fourth-order valence-electron chi connectivity index (χ4n) is 2.65. The van der Waals surface area contributed by atoms with Crippen molar-refractivity contribution >= 4 is 0 Å². The fraction of sp³-hybridized carbons (Fsp3) is 1.00. The molecule has 0 amide bonds. The molecule has 0 spiro atoms. The molecule has 2 nitrogen and oxygen atoms in total. The summed E-state index contributed by atoms with van der Waals surface area (Å²) in [5.74, 6) is 0.669. The first-order valence-electron chi connectivity index (χ1n) is 7.00. The molecule has 16 heavy (non-hydrogen) atoms. The van der Waals surface area contributed by atoms with Gasteiger partial charge >= 0.3 is 0 Å². The van der Waals surface area contributed by atoms with Gasteiger partial charge in [-0.1, -0.05) is 46.5 Å². The lowest BCUT2D eigenvalue weighted by Crippen LogP contribution is -2.53. The van der Waals surface area contributed by atoms with Crippen molar-refractivity contribution in [2.75, 3.05) is 6.61 Å². The Balaban J connectivity index is 2.38.